The largest absolute Gasteiger partial charge is 0.310 e. The quantitative estimate of drug-likeness (QED) is 0.738. The number of aryl methyl sites for hydroxylation is 3. The van der Waals surface area contributed by atoms with Crippen LogP contribution in [-0.2, 0) is 0 Å². The summed E-state index contributed by atoms with van der Waals surface area (Å²) in [5.74, 6) is 0. The molecule has 1 aromatic heterocycles. The lowest BCUT2D eigenvalue weighted by Gasteiger charge is -2.21. The van der Waals surface area contributed by atoms with Gasteiger partial charge in [-0.2, -0.15) is 0 Å². The van der Waals surface area contributed by atoms with Crippen LogP contribution in [0.15, 0.2) is 6.07 Å². The van der Waals surface area contributed by atoms with Crippen molar-refractivity contribution in [3.63, 3.8) is 0 Å². The van der Waals surface area contributed by atoms with Crippen molar-refractivity contribution in [2.24, 2.45) is 0 Å². The molecule has 0 spiro atoms. The average molecular weight is 277 g/mol. The Kier molecular flexibility index (Phi) is 7.17. The van der Waals surface area contributed by atoms with Gasteiger partial charge in [0.1, 0.15) is 0 Å². The van der Waals surface area contributed by atoms with E-state index in [0.29, 0.717) is 6.04 Å². The SMILES string of the molecule is CCN(CC)CCCNC(C)c1c(C)cc(C)nc1C. The molecule has 0 aliphatic heterocycles. The summed E-state index contributed by atoms with van der Waals surface area (Å²) in [6.45, 7) is 17.6. The molecular formula is C17H31N3. The van der Waals surface area contributed by atoms with E-state index < -0.39 is 0 Å². The van der Waals surface area contributed by atoms with Crippen LogP contribution in [-0.4, -0.2) is 36.1 Å². The molecule has 1 atom stereocenters. The maximum absolute atomic E-state index is 4.59. The molecule has 1 N–H and O–H groups in total. The van der Waals surface area contributed by atoms with Gasteiger partial charge in [0.15, 0.2) is 0 Å². The highest BCUT2D eigenvalue weighted by Crippen LogP contribution is 2.20. The zero-order valence-corrected chi connectivity index (χ0v) is 14.1. The lowest BCUT2D eigenvalue weighted by atomic mass is 10.0. The fourth-order valence-electron chi connectivity index (χ4n) is 2.95. The van der Waals surface area contributed by atoms with Crippen LogP contribution in [0.25, 0.3) is 0 Å². The first-order valence-corrected chi connectivity index (χ1v) is 7.90. The molecule has 1 heterocycles. The first-order valence-electron chi connectivity index (χ1n) is 7.90. The van der Waals surface area contributed by atoms with Crippen molar-refractivity contribution in [1.82, 2.24) is 15.2 Å². The van der Waals surface area contributed by atoms with Gasteiger partial charge in [-0.1, -0.05) is 13.8 Å². The van der Waals surface area contributed by atoms with E-state index in [9.17, 15) is 0 Å². The van der Waals surface area contributed by atoms with Gasteiger partial charge < -0.3 is 10.2 Å². The summed E-state index contributed by atoms with van der Waals surface area (Å²) in [4.78, 5) is 7.06. The summed E-state index contributed by atoms with van der Waals surface area (Å²) >= 11 is 0. The normalized spacial score (nSPS) is 12.9. The van der Waals surface area contributed by atoms with Gasteiger partial charge in [-0.15, -0.1) is 0 Å². The molecule has 20 heavy (non-hydrogen) atoms. The first-order chi connectivity index (χ1) is 9.49. The summed E-state index contributed by atoms with van der Waals surface area (Å²) in [5, 5.41) is 3.64. The second-order valence-electron chi connectivity index (χ2n) is 5.64. The second-order valence-corrected chi connectivity index (χ2v) is 5.64. The zero-order chi connectivity index (χ0) is 15.1. The predicted octanol–water partition coefficient (Wildman–Crippen LogP) is 3.39. The van der Waals surface area contributed by atoms with E-state index in [-0.39, 0.29) is 0 Å². The van der Waals surface area contributed by atoms with Crippen molar-refractivity contribution in [3.05, 3.63) is 28.6 Å². The standard InChI is InChI=1S/C17H31N3/c1-7-20(8-2)11-9-10-18-15(5)17-13(3)12-14(4)19-16(17)6/h12,15,18H,7-11H2,1-6H3. The lowest BCUT2D eigenvalue weighted by Crippen LogP contribution is -2.28. The number of nitrogens with zero attached hydrogens (tertiary/aromatic N) is 2. The van der Waals surface area contributed by atoms with Gasteiger partial charge >= 0.3 is 0 Å². The number of nitrogens with one attached hydrogen (secondary N) is 1. The highest BCUT2D eigenvalue weighted by atomic mass is 15.1. The molecule has 0 saturated heterocycles. The average Bonchev–Trinajstić information content (AvgIpc) is 2.37. The maximum Gasteiger partial charge on any atom is 0.0426 e. The van der Waals surface area contributed by atoms with Gasteiger partial charge in [-0.25, -0.2) is 0 Å². The van der Waals surface area contributed by atoms with Crippen molar-refractivity contribution in [1.29, 1.82) is 0 Å². The Bertz CT molecular complexity index is 388. The van der Waals surface area contributed by atoms with Crippen LogP contribution < -0.4 is 5.32 Å². The molecule has 1 rings (SSSR count). The summed E-state index contributed by atoms with van der Waals surface area (Å²) in [6, 6.07) is 2.55. The lowest BCUT2D eigenvalue weighted by molar-refractivity contribution is 0.296. The van der Waals surface area contributed by atoms with E-state index in [0.717, 1.165) is 31.0 Å². The summed E-state index contributed by atoms with van der Waals surface area (Å²) in [6.07, 6.45) is 1.20. The second kappa shape index (κ2) is 8.38. The number of pyridine rings is 1. The first kappa shape index (κ1) is 17.1. The van der Waals surface area contributed by atoms with Crippen LogP contribution in [0.2, 0.25) is 0 Å². The minimum atomic E-state index is 0.375. The van der Waals surface area contributed by atoms with Gasteiger partial charge in [-0.05, 0) is 77.5 Å². The molecule has 1 aromatic rings. The zero-order valence-electron chi connectivity index (χ0n) is 14.1. The molecule has 0 saturated carbocycles. The topological polar surface area (TPSA) is 28.2 Å². The number of hydrogen-bond acceptors (Lipinski definition) is 3. The van der Waals surface area contributed by atoms with Gasteiger partial charge in [0.25, 0.3) is 0 Å². The van der Waals surface area contributed by atoms with E-state index in [2.05, 4.69) is 62.8 Å². The van der Waals surface area contributed by atoms with Gasteiger partial charge in [-0.3, -0.25) is 4.98 Å². The van der Waals surface area contributed by atoms with Crippen LogP contribution in [0.5, 0.6) is 0 Å². The summed E-state index contributed by atoms with van der Waals surface area (Å²) < 4.78 is 0. The molecule has 3 heteroatoms. The molecule has 0 aliphatic carbocycles. The summed E-state index contributed by atoms with van der Waals surface area (Å²) in [7, 11) is 0. The molecule has 0 aliphatic rings. The van der Waals surface area contributed by atoms with Crippen LogP contribution in [0, 0.1) is 20.8 Å². The monoisotopic (exact) mass is 277 g/mol. The van der Waals surface area contributed by atoms with Crippen LogP contribution in [0.1, 0.15) is 55.7 Å². The van der Waals surface area contributed by atoms with Crippen molar-refractivity contribution in [2.75, 3.05) is 26.2 Å². The van der Waals surface area contributed by atoms with Gasteiger partial charge in [0, 0.05) is 17.4 Å². The Balaban J connectivity index is 2.49. The van der Waals surface area contributed by atoms with Crippen molar-refractivity contribution in [3.8, 4) is 0 Å². The molecule has 0 aromatic carbocycles. The number of hydrogen-bond donors (Lipinski definition) is 1. The number of rotatable bonds is 8. The molecule has 1 unspecified atom stereocenters. The molecule has 114 valence electrons. The van der Waals surface area contributed by atoms with E-state index >= 15 is 0 Å². The third-order valence-electron chi connectivity index (χ3n) is 4.01. The van der Waals surface area contributed by atoms with Crippen molar-refractivity contribution in [2.45, 2.75) is 54.0 Å². The van der Waals surface area contributed by atoms with E-state index in [4.69, 9.17) is 0 Å². The van der Waals surface area contributed by atoms with Gasteiger partial charge in [0.05, 0.1) is 0 Å². The summed E-state index contributed by atoms with van der Waals surface area (Å²) in [5.41, 5.74) is 4.97. The highest BCUT2D eigenvalue weighted by molar-refractivity contribution is 5.33. The Morgan fingerprint density at radius 1 is 1.20 bits per heavy atom. The fraction of sp³-hybridized carbons (Fsp3) is 0.706. The van der Waals surface area contributed by atoms with Crippen molar-refractivity contribution >= 4 is 0 Å². The number of aromatic nitrogens is 1. The Hall–Kier alpha value is -0.930. The molecule has 3 nitrogen and oxygen atoms in total. The molecule has 0 amide bonds. The molecule has 0 fully saturated rings. The van der Waals surface area contributed by atoms with Crippen LogP contribution >= 0.6 is 0 Å². The molecule has 0 radical (unpaired) electrons. The minimum Gasteiger partial charge on any atom is -0.310 e. The third kappa shape index (κ3) is 4.88. The third-order valence-corrected chi connectivity index (χ3v) is 4.01. The predicted molar refractivity (Wildman–Crippen MR) is 87.3 cm³/mol. The van der Waals surface area contributed by atoms with Crippen molar-refractivity contribution < 1.29 is 0 Å². The molecule has 0 bridgehead atoms. The maximum atomic E-state index is 4.59. The van der Waals surface area contributed by atoms with Gasteiger partial charge in [0.2, 0.25) is 0 Å². The van der Waals surface area contributed by atoms with E-state index in [1.165, 1.54) is 24.1 Å². The Labute approximate surface area is 124 Å². The fourth-order valence-corrected chi connectivity index (χ4v) is 2.95. The van der Waals surface area contributed by atoms with Crippen LogP contribution in [0.3, 0.4) is 0 Å². The van der Waals surface area contributed by atoms with E-state index in [1.54, 1.807) is 0 Å². The smallest absolute Gasteiger partial charge is 0.0426 e. The Morgan fingerprint density at radius 3 is 2.40 bits per heavy atom. The highest BCUT2D eigenvalue weighted by Gasteiger charge is 2.12. The van der Waals surface area contributed by atoms with Crippen LogP contribution in [0.4, 0.5) is 0 Å². The Morgan fingerprint density at radius 2 is 1.85 bits per heavy atom. The minimum absolute atomic E-state index is 0.375. The van der Waals surface area contributed by atoms with E-state index in [1.807, 2.05) is 0 Å². The molecular weight excluding hydrogens is 246 g/mol.